The molecular formula is C13H23N3O2. The Kier molecular flexibility index (Phi) is 4.95. The summed E-state index contributed by atoms with van der Waals surface area (Å²) in [6.45, 7) is 4.03. The Bertz CT molecular complexity index is 419. The van der Waals surface area contributed by atoms with Crippen LogP contribution >= 0.6 is 0 Å². The maximum absolute atomic E-state index is 5.62. The van der Waals surface area contributed by atoms with E-state index in [4.69, 9.17) is 15.3 Å². The molecule has 0 saturated carbocycles. The molecule has 0 aliphatic heterocycles. The molecule has 0 spiro atoms. The molecule has 1 aromatic carbocycles. The van der Waals surface area contributed by atoms with Gasteiger partial charge in [-0.05, 0) is 45.1 Å². The van der Waals surface area contributed by atoms with Crippen molar-refractivity contribution in [2.45, 2.75) is 20.0 Å². The predicted octanol–water partition coefficient (Wildman–Crippen LogP) is 1.34. The predicted molar refractivity (Wildman–Crippen MR) is 72.8 cm³/mol. The molecule has 0 aliphatic carbocycles. The molecule has 0 saturated heterocycles. The highest BCUT2D eigenvalue weighted by molar-refractivity contribution is 5.53. The minimum atomic E-state index is -0.131. The van der Waals surface area contributed by atoms with Gasteiger partial charge in [-0.2, -0.15) is 0 Å². The lowest BCUT2D eigenvalue weighted by Gasteiger charge is -2.27. The van der Waals surface area contributed by atoms with Crippen LogP contribution in [0.1, 0.15) is 22.9 Å². The summed E-state index contributed by atoms with van der Waals surface area (Å²) in [5.41, 5.74) is 5.88. The van der Waals surface area contributed by atoms with Gasteiger partial charge < -0.3 is 9.47 Å². The fraction of sp³-hybridized carbons (Fsp3) is 0.538. The summed E-state index contributed by atoms with van der Waals surface area (Å²) in [4.78, 5) is 1.98. The molecule has 1 rings (SSSR count). The average Bonchev–Trinajstić information content (AvgIpc) is 2.34. The van der Waals surface area contributed by atoms with Crippen LogP contribution in [0.25, 0.3) is 0 Å². The van der Waals surface area contributed by atoms with Gasteiger partial charge in [0.15, 0.2) is 0 Å². The fourth-order valence-electron chi connectivity index (χ4n) is 2.09. The van der Waals surface area contributed by atoms with Crippen LogP contribution in [0.3, 0.4) is 0 Å². The number of benzene rings is 1. The lowest BCUT2D eigenvalue weighted by atomic mass is 10.0. The third-order valence-corrected chi connectivity index (χ3v) is 3.21. The van der Waals surface area contributed by atoms with Crippen molar-refractivity contribution in [2.75, 3.05) is 28.3 Å². The number of nitrogens with zero attached hydrogens (tertiary/aromatic N) is 1. The van der Waals surface area contributed by atoms with Crippen molar-refractivity contribution in [3.63, 3.8) is 0 Å². The van der Waals surface area contributed by atoms with Gasteiger partial charge in [0.1, 0.15) is 17.7 Å². The summed E-state index contributed by atoms with van der Waals surface area (Å²) >= 11 is 0. The number of methoxy groups -OCH3 is 2. The van der Waals surface area contributed by atoms with E-state index in [0.29, 0.717) is 0 Å². The Morgan fingerprint density at radius 2 is 1.78 bits per heavy atom. The van der Waals surface area contributed by atoms with Crippen LogP contribution in [0.4, 0.5) is 0 Å². The first-order valence-electron chi connectivity index (χ1n) is 5.82. The zero-order valence-corrected chi connectivity index (χ0v) is 12.0. The molecule has 0 fully saturated rings. The van der Waals surface area contributed by atoms with Crippen molar-refractivity contribution in [2.24, 2.45) is 5.84 Å². The largest absolute Gasteiger partial charge is 0.496 e. The van der Waals surface area contributed by atoms with Gasteiger partial charge in [0.2, 0.25) is 0 Å². The lowest BCUT2D eigenvalue weighted by Crippen LogP contribution is -2.38. The molecule has 18 heavy (non-hydrogen) atoms. The zero-order valence-electron chi connectivity index (χ0n) is 12.0. The SMILES string of the molecule is COc1cc(C(NN)N(C)C)c(OC)c(C)c1C. The maximum atomic E-state index is 5.62. The van der Waals surface area contributed by atoms with Gasteiger partial charge in [0.05, 0.1) is 14.2 Å². The molecule has 0 aliphatic rings. The molecule has 5 nitrogen and oxygen atoms in total. The van der Waals surface area contributed by atoms with Crippen molar-refractivity contribution in [1.82, 2.24) is 10.3 Å². The summed E-state index contributed by atoms with van der Waals surface area (Å²) < 4.78 is 10.9. The minimum absolute atomic E-state index is 0.131. The number of rotatable bonds is 5. The first-order valence-corrected chi connectivity index (χ1v) is 5.82. The quantitative estimate of drug-likeness (QED) is 0.471. The van der Waals surface area contributed by atoms with Gasteiger partial charge in [-0.15, -0.1) is 0 Å². The number of nitrogens with two attached hydrogens (primary N) is 1. The van der Waals surface area contributed by atoms with Crippen molar-refractivity contribution < 1.29 is 9.47 Å². The number of hydrogen-bond acceptors (Lipinski definition) is 5. The number of hydrogen-bond donors (Lipinski definition) is 2. The van der Waals surface area contributed by atoms with E-state index in [1.165, 1.54) is 0 Å². The molecule has 0 aromatic heterocycles. The van der Waals surface area contributed by atoms with E-state index in [1.54, 1.807) is 14.2 Å². The first-order chi connectivity index (χ1) is 8.47. The third kappa shape index (κ3) is 2.58. The number of nitrogens with one attached hydrogen (secondary N) is 1. The number of ether oxygens (including phenoxy) is 2. The van der Waals surface area contributed by atoms with Gasteiger partial charge in [-0.3, -0.25) is 10.7 Å². The van der Waals surface area contributed by atoms with Crippen LogP contribution in [-0.2, 0) is 0 Å². The molecule has 0 amide bonds. The summed E-state index contributed by atoms with van der Waals surface area (Å²) in [7, 11) is 7.23. The Hall–Kier alpha value is -1.30. The topological polar surface area (TPSA) is 59.8 Å². The second-order valence-corrected chi connectivity index (χ2v) is 4.48. The second kappa shape index (κ2) is 6.04. The average molecular weight is 253 g/mol. The van der Waals surface area contributed by atoms with E-state index in [-0.39, 0.29) is 6.17 Å². The van der Waals surface area contributed by atoms with Gasteiger partial charge >= 0.3 is 0 Å². The summed E-state index contributed by atoms with van der Waals surface area (Å²) in [6, 6.07) is 1.96. The van der Waals surface area contributed by atoms with E-state index in [9.17, 15) is 0 Å². The molecular weight excluding hydrogens is 230 g/mol. The number of hydrazine groups is 1. The molecule has 1 atom stereocenters. The van der Waals surface area contributed by atoms with Gasteiger partial charge in [0, 0.05) is 5.56 Å². The molecule has 0 heterocycles. The maximum Gasteiger partial charge on any atom is 0.128 e. The van der Waals surface area contributed by atoms with Crippen molar-refractivity contribution in [3.05, 3.63) is 22.8 Å². The molecule has 1 aromatic rings. The third-order valence-electron chi connectivity index (χ3n) is 3.21. The highest BCUT2D eigenvalue weighted by Crippen LogP contribution is 2.36. The van der Waals surface area contributed by atoms with Gasteiger partial charge in [-0.25, -0.2) is 5.43 Å². The molecule has 3 N–H and O–H groups in total. The normalized spacial score (nSPS) is 12.7. The molecule has 1 unspecified atom stereocenters. The van der Waals surface area contributed by atoms with Gasteiger partial charge in [-0.1, -0.05) is 0 Å². The Labute approximate surface area is 109 Å². The highest BCUT2D eigenvalue weighted by atomic mass is 16.5. The van der Waals surface area contributed by atoms with Crippen molar-refractivity contribution in [1.29, 1.82) is 0 Å². The first kappa shape index (κ1) is 14.8. The van der Waals surface area contributed by atoms with Crippen molar-refractivity contribution >= 4 is 0 Å². The van der Waals surface area contributed by atoms with E-state index in [1.807, 2.05) is 38.9 Å². The molecule has 0 radical (unpaired) electrons. The van der Waals surface area contributed by atoms with Crippen LogP contribution < -0.4 is 20.7 Å². The Morgan fingerprint density at radius 1 is 1.17 bits per heavy atom. The minimum Gasteiger partial charge on any atom is -0.496 e. The van der Waals surface area contributed by atoms with E-state index < -0.39 is 0 Å². The second-order valence-electron chi connectivity index (χ2n) is 4.48. The van der Waals surface area contributed by atoms with Crippen LogP contribution in [0, 0.1) is 13.8 Å². The molecule has 102 valence electrons. The summed E-state index contributed by atoms with van der Waals surface area (Å²) in [5.74, 6) is 7.30. The Morgan fingerprint density at radius 3 is 2.17 bits per heavy atom. The highest BCUT2D eigenvalue weighted by Gasteiger charge is 2.21. The summed E-state index contributed by atoms with van der Waals surface area (Å²) in [5, 5.41) is 0. The molecule has 0 bridgehead atoms. The standard InChI is InChI=1S/C13H23N3O2/c1-8-9(2)12(18-6)10(7-11(8)17-5)13(15-14)16(3)4/h7,13,15H,14H2,1-6H3. The van der Waals surface area contributed by atoms with Crippen LogP contribution in [-0.4, -0.2) is 33.2 Å². The smallest absolute Gasteiger partial charge is 0.128 e. The van der Waals surface area contributed by atoms with Crippen LogP contribution in [0.2, 0.25) is 0 Å². The van der Waals surface area contributed by atoms with E-state index in [2.05, 4.69) is 5.43 Å². The van der Waals surface area contributed by atoms with Crippen LogP contribution in [0.15, 0.2) is 6.07 Å². The van der Waals surface area contributed by atoms with E-state index in [0.717, 1.165) is 28.2 Å². The molecule has 5 heteroatoms. The fourth-order valence-corrected chi connectivity index (χ4v) is 2.09. The lowest BCUT2D eigenvalue weighted by molar-refractivity contribution is 0.244. The monoisotopic (exact) mass is 253 g/mol. The van der Waals surface area contributed by atoms with Gasteiger partial charge in [0.25, 0.3) is 0 Å². The zero-order chi connectivity index (χ0) is 13.9. The van der Waals surface area contributed by atoms with Crippen molar-refractivity contribution in [3.8, 4) is 11.5 Å². The van der Waals surface area contributed by atoms with E-state index >= 15 is 0 Å². The summed E-state index contributed by atoms with van der Waals surface area (Å²) in [6.07, 6.45) is -0.131. The van der Waals surface area contributed by atoms with Crippen LogP contribution in [0.5, 0.6) is 11.5 Å². The Balaban J connectivity index is 3.45.